The molecule has 0 bridgehead atoms. The first-order valence-corrected chi connectivity index (χ1v) is 5.92. The number of alkyl halides is 3. The van der Waals surface area contributed by atoms with Crippen LogP contribution in [0, 0.1) is 0 Å². The summed E-state index contributed by atoms with van der Waals surface area (Å²) >= 11 is 0. The summed E-state index contributed by atoms with van der Waals surface area (Å²) in [6.07, 6.45) is -3.02. The number of halogens is 3. The van der Waals surface area contributed by atoms with Crippen LogP contribution in [0.25, 0.3) is 0 Å². The third-order valence-corrected chi connectivity index (χ3v) is 2.82. The summed E-state index contributed by atoms with van der Waals surface area (Å²) in [5.74, 6) is -0.553. The number of anilines is 1. The van der Waals surface area contributed by atoms with Gasteiger partial charge in [-0.1, -0.05) is 0 Å². The summed E-state index contributed by atoms with van der Waals surface area (Å²) < 4.78 is 38.5. The summed E-state index contributed by atoms with van der Waals surface area (Å²) in [6.45, 7) is 0. The maximum atomic E-state index is 12.4. The van der Waals surface area contributed by atoms with E-state index in [0.717, 1.165) is 24.3 Å². The molecule has 0 aliphatic heterocycles. The molecule has 0 aliphatic carbocycles. The van der Waals surface area contributed by atoms with Crippen molar-refractivity contribution in [2.45, 2.75) is 6.18 Å². The van der Waals surface area contributed by atoms with Crippen molar-refractivity contribution in [3.63, 3.8) is 0 Å². The highest BCUT2D eigenvalue weighted by molar-refractivity contribution is 6.04. The Labute approximate surface area is 117 Å². The van der Waals surface area contributed by atoms with Crippen LogP contribution in [0.1, 0.15) is 15.9 Å². The standard InChI is InChI=1S/C14H11F3N2O2/c1-19-8-11(6-7-12(19)20)18-13(21)9-2-4-10(5-3-9)14(15,16)17/h2-8H,1H3,(H,18,21). The summed E-state index contributed by atoms with van der Waals surface area (Å²) in [7, 11) is 1.52. The van der Waals surface area contributed by atoms with E-state index in [1.54, 1.807) is 0 Å². The van der Waals surface area contributed by atoms with E-state index in [1.807, 2.05) is 0 Å². The number of nitrogens with one attached hydrogen (secondary N) is 1. The monoisotopic (exact) mass is 296 g/mol. The van der Waals surface area contributed by atoms with Crippen LogP contribution < -0.4 is 10.9 Å². The number of benzene rings is 1. The zero-order valence-electron chi connectivity index (χ0n) is 10.9. The second kappa shape index (κ2) is 5.43. The zero-order valence-corrected chi connectivity index (χ0v) is 10.9. The van der Waals surface area contributed by atoms with Gasteiger partial charge in [0.15, 0.2) is 0 Å². The minimum absolute atomic E-state index is 0.0943. The Kier molecular flexibility index (Phi) is 3.84. The molecule has 1 aromatic heterocycles. The van der Waals surface area contributed by atoms with Crippen LogP contribution in [0.3, 0.4) is 0 Å². The first-order valence-electron chi connectivity index (χ1n) is 5.92. The molecular formula is C14H11F3N2O2. The number of amides is 1. The lowest BCUT2D eigenvalue weighted by Gasteiger charge is -2.09. The Morgan fingerprint density at radius 2 is 1.71 bits per heavy atom. The maximum Gasteiger partial charge on any atom is 0.416 e. The highest BCUT2D eigenvalue weighted by Crippen LogP contribution is 2.29. The van der Waals surface area contributed by atoms with Crippen LogP contribution in [0.2, 0.25) is 0 Å². The summed E-state index contributed by atoms with van der Waals surface area (Å²) in [6, 6.07) is 6.58. The molecule has 4 nitrogen and oxygen atoms in total. The van der Waals surface area contributed by atoms with Gasteiger partial charge >= 0.3 is 6.18 Å². The fourth-order valence-electron chi connectivity index (χ4n) is 1.68. The second-order valence-electron chi connectivity index (χ2n) is 4.40. The van der Waals surface area contributed by atoms with Crippen molar-refractivity contribution in [2.24, 2.45) is 7.05 Å². The van der Waals surface area contributed by atoms with E-state index in [0.29, 0.717) is 5.69 Å². The first-order chi connectivity index (χ1) is 9.77. The zero-order chi connectivity index (χ0) is 15.6. The molecule has 0 spiro atoms. The fourth-order valence-corrected chi connectivity index (χ4v) is 1.68. The molecule has 1 heterocycles. The molecule has 2 aromatic rings. The van der Waals surface area contributed by atoms with Gasteiger partial charge in [0, 0.05) is 24.9 Å². The van der Waals surface area contributed by atoms with Gasteiger partial charge in [-0.3, -0.25) is 9.59 Å². The number of carbonyl (C=O) groups is 1. The minimum Gasteiger partial charge on any atom is -0.321 e. The summed E-state index contributed by atoms with van der Waals surface area (Å²) in [5, 5.41) is 2.50. The number of hydrogen-bond acceptors (Lipinski definition) is 2. The van der Waals surface area contributed by atoms with Crippen LogP contribution in [0.15, 0.2) is 47.4 Å². The third kappa shape index (κ3) is 3.50. The number of carbonyl (C=O) groups excluding carboxylic acids is 1. The van der Waals surface area contributed by atoms with E-state index in [2.05, 4.69) is 5.32 Å². The molecule has 0 saturated carbocycles. The maximum absolute atomic E-state index is 12.4. The van der Waals surface area contributed by atoms with Crippen LogP contribution in [-0.4, -0.2) is 10.5 Å². The van der Waals surface area contributed by atoms with Gasteiger partial charge in [0.2, 0.25) is 5.56 Å². The molecule has 0 fully saturated rings. The molecule has 110 valence electrons. The first kappa shape index (κ1) is 14.8. The summed E-state index contributed by atoms with van der Waals surface area (Å²) in [5.41, 5.74) is -0.581. The minimum atomic E-state index is -4.44. The highest BCUT2D eigenvalue weighted by Gasteiger charge is 2.30. The van der Waals surface area contributed by atoms with E-state index >= 15 is 0 Å². The molecule has 2 rings (SSSR count). The van der Waals surface area contributed by atoms with Crippen LogP contribution >= 0.6 is 0 Å². The van der Waals surface area contributed by atoms with Gasteiger partial charge in [-0.05, 0) is 30.3 Å². The average Bonchev–Trinajstić information content (AvgIpc) is 2.42. The molecule has 1 N–H and O–H groups in total. The average molecular weight is 296 g/mol. The van der Waals surface area contributed by atoms with Gasteiger partial charge in [-0.25, -0.2) is 0 Å². The van der Waals surface area contributed by atoms with Crippen LogP contribution in [0.5, 0.6) is 0 Å². The fraction of sp³-hybridized carbons (Fsp3) is 0.143. The van der Waals surface area contributed by atoms with Crippen molar-refractivity contribution < 1.29 is 18.0 Å². The molecule has 0 radical (unpaired) electrons. The van der Waals surface area contributed by atoms with E-state index in [9.17, 15) is 22.8 Å². The van der Waals surface area contributed by atoms with Crippen molar-refractivity contribution in [3.8, 4) is 0 Å². The number of pyridine rings is 1. The number of hydrogen-bond donors (Lipinski definition) is 1. The van der Waals surface area contributed by atoms with Gasteiger partial charge in [0.05, 0.1) is 11.3 Å². The van der Waals surface area contributed by atoms with Crippen molar-refractivity contribution >= 4 is 11.6 Å². The molecule has 0 unspecified atom stereocenters. The third-order valence-electron chi connectivity index (χ3n) is 2.82. The molecule has 0 saturated heterocycles. The Hall–Kier alpha value is -2.57. The number of nitrogens with zero attached hydrogens (tertiary/aromatic N) is 1. The Bertz CT molecular complexity index is 718. The topological polar surface area (TPSA) is 51.1 Å². The molecule has 7 heteroatoms. The highest BCUT2D eigenvalue weighted by atomic mass is 19.4. The van der Waals surface area contributed by atoms with E-state index in [4.69, 9.17) is 0 Å². The lowest BCUT2D eigenvalue weighted by atomic mass is 10.1. The number of rotatable bonds is 2. The van der Waals surface area contributed by atoms with E-state index in [-0.39, 0.29) is 11.1 Å². The second-order valence-corrected chi connectivity index (χ2v) is 4.40. The van der Waals surface area contributed by atoms with E-state index < -0.39 is 17.6 Å². The molecule has 1 amide bonds. The molecular weight excluding hydrogens is 285 g/mol. The number of aromatic nitrogens is 1. The molecule has 1 aromatic carbocycles. The van der Waals surface area contributed by atoms with Gasteiger partial charge < -0.3 is 9.88 Å². The SMILES string of the molecule is Cn1cc(NC(=O)c2ccc(C(F)(F)F)cc2)ccc1=O. The van der Waals surface area contributed by atoms with Crippen LogP contribution in [-0.2, 0) is 13.2 Å². The largest absolute Gasteiger partial charge is 0.416 e. The molecule has 0 atom stereocenters. The van der Waals surface area contributed by atoms with Crippen molar-refractivity contribution in [2.75, 3.05) is 5.32 Å². The predicted molar refractivity (Wildman–Crippen MR) is 71.1 cm³/mol. The van der Waals surface area contributed by atoms with Crippen molar-refractivity contribution in [1.29, 1.82) is 0 Å². The normalized spacial score (nSPS) is 11.2. The molecule has 0 aliphatic rings. The van der Waals surface area contributed by atoms with Gasteiger partial charge in [0.25, 0.3) is 5.91 Å². The van der Waals surface area contributed by atoms with Gasteiger partial charge in [-0.15, -0.1) is 0 Å². The summed E-state index contributed by atoms with van der Waals surface area (Å²) in [4.78, 5) is 23.1. The van der Waals surface area contributed by atoms with E-state index in [1.165, 1.54) is 29.9 Å². The number of aryl methyl sites for hydroxylation is 1. The Balaban J connectivity index is 2.17. The van der Waals surface area contributed by atoms with Crippen LogP contribution in [0.4, 0.5) is 18.9 Å². The van der Waals surface area contributed by atoms with Crippen molar-refractivity contribution in [3.05, 3.63) is 64.1 Å². The van der Waals surface area contributed by atoms with Gasteiger partial charge in [0.1, 0.15) is 0 Å². The Morgan fingerprint density at radius 1 is 1.10 bits per heavy atom. The quantitative estimate of drug-likeness (QED) is 0.926. The lowest BCUT2D eigenvalue weighted by Crippen LogP contribution is -2.18. The Morgan fingerprint density at radius 3 is 2.24 bits per heavy atom. The molecule has 21 heavy (non-hydrogen) atoms. The lowest BCUT2D eigenvalue weighted by molar-refractivity contribution is -0.137. The smallest absolute Gasteiger partial charge is 0.321 e. The van der Waals surface area contributed by atoms with Crippen molar-refractivity contribution in [1.82, 2.24) is 4.57 Å². The van der Waals surface area contributed by atoms with Gasteiger partial charge in [-0.2, -0.15) is 13.2 Å². The predicted octanol–water partition coefficient (Wildman–Crippen LogP) is 2.66.